The molecule has 5 aromatic rings. The number of carbonyl (C=O) groups is 1. The van der Waals surface area contributed by atoms with Crippen molar-refractivity contribution < 1.29 is 14.1 Å². The second-order valence-corrected chi connectivity index (χ2v) is 7.34. The van der Waals surface area contributed by atoms with Gasteiger partial charge in [0.05, 0.1) is 12.5 Å². The van der Waals surface area contributed by atoms with Crippen LogP contribution in [0.2, 0.25) is 0 Å². The van der Waals surface area contributed by atoms with E-state index in [0.29, 0.717) is 24.3 Å². The molecule has 154 valence electrons. The third-order valence-electron chi connectivity index (χ3n) is 5.43. The molecule has 0 saturated heterocycles. The van der Waals surface area contributed by atoms with E-state index in [1.165, 1.54) is 0 Å². The molecular formula is C25H21N3O3. The fourth-order valence-corrected chi connectivity index (χ4v) is 3.78. The molecule has 0 saturated carbocycles. The Labute approximate surface area is 178 Å². The van der Waals surface area contributed by atoms with Crippen molar-refractivity contribution in [3.63, 3.8) is 0 Å². The Kier molecular flexibility index (Phi) is 4.88. The normalized spacial score (nSPS) is 11.1. The summed E-state index contributed by atoms with van der Waals surface area (Å²) in [7, 11) is 1.66. The standard InChI is InChI=1S/C25H21N3O3/c1-30-19-8-10-22-20(14-19)18(15-27-22)11-12-26-25(29)17-7-9-23-21(13-17)24(31-28-23)16-5-3-2-4-6-16/h2-10,13-15,27H,11-12H2,1H3,(H,26,29). The molecule has 2 aromatic heterocycles. The molecule has 5 rings (SSSR count). The average molecular weight is 411 g/mol. The average Bonchev–Trinajstić information content (AvgIpc) is 3.43. The molecule has 2 N–H and O–H groups in total. The van der Waals surface area contributed by atoms with Crippen molar-refractivity contribution >= 4 is 27.7 Å². The minimum atomic E-state index is -0.125. The van der Waals surface area contributed by atoms with Crippen LogP contribution in [0.25, 0.3) is 33.1 Å². The number of amides is 1. The monoisotopic (exact) mass is 411 g/mol. The molecule has 3 aromatic carbocycles. The van der Waals surface area contributed by atoms with Crippen molar-refractivity contribution in [3.05, 3.63) is 84.1 Å². The number of nitrogens with one attached hydrogen (secondary N) is 2. The lowest BCUT2D eigenvalue weighted by Crippen LogP contribution is -2.25. The summed E-state index contributed by atoms with van der Waals surface area (Å²) in [6, 6.07) is 21.1. The van der Waals surface area contributed by atoms with Gasteiger partial charge in [-0.2, -0.15) is 0 Å². The number of hydrogen-bond donors (Lipinski definition) is 2. The molecule has 0 aliphatic carbocycles. The van der Waals surface area contributed by atoms with Crippen LogP contribution in [-0.4, -0.2) is 29.7 Å². The molecule has 0 radical (unpaired) electrons. The van der Waals surface area contributed by atoms with E-state index in [4.69, 9.17) is 9.26 Å². The summed E-state index contributed by atoms with van der Waals surface area (Å²) in [6.45, 7) is 0.524. The summed E-state index contributed by atoms with van der Waals surface area (Å²) in [5, 5.41) is 9.05. The van der Waals surface area contributed by atoms with E-state index >= 15 is 0 Å². The summed E-state index contributed by atoms with van der Waals surface area (Å²) < 4.78 is 10.9. The van der Waals surface area contributed by atoms with Crippen molar-refractivity contribution in [2.75, 3.05) is 13.7 Å². The van der Waals surface area contributed by atoms with Crippen LogP contribution in [0.5, 0.6) is 5.75 Å². The van der Waals surface area contributed by atoms with Crippen LogP contribution < -0.4 is 10.1 Å². The molecule has 1 amide bonds. The van der Waals surface area contributed by atoms with Crippen LogP contribution in [0.1, 0.15) is 15.9 Å². The number of nitrogens with zero attached hydrogens (tertiary/aromatic N) is 1. The molecule has 6 nitrogen and oxygen atoms in total. The van der Waals surface area contributed by atoms with Gasteiger partial charge >= 0.3 is 0 Å². The van der Waals surface area contributed by atoms with Crippen molar-refractivity contribution in [1.82, 2.24) is 15.5 Å². The molecule has 0 atom stereocenters. The minimum Gasteiger partial charge on any atom is -0.497 e. The van der Waals surface area contributed by atoms with Gasteiger partial charge in [-0.15, -0.1) is 0 Å². The first-order chi connectivity index (χ1) is 15.2. The largest absolute Gasteiger partial charge is 0.497 e. The van der Waals surface area contributed by atoms with E-state index in [9.17, 15) is 4.79 Å². The van der Waals surface area contributed by atoms with Gasteiger partial charge in [0.1, 0.15) is 11.3 Å². The predicted molar refractivity (Wildman–Crippen MR) is 120 cm³/mol. The Hall–Kier alpha value is -4.06. The first-order valence-corrected chi connectivity index (χ1v) is 10.1. The topological polar surface area (TPSA) is 80.1 Å². The van der Waals surface area contributed by atoms with Crippen molar-refractivity contribution in [2.24, 2.45) is 0 Å². The van der Waals surface area contributed by atoms with Crippen LogP contribution in [0.3, 0.4) is 0 Å². The Balaban J connectivity index is 1.32. The first-order valence-electron chi connectivity index (χ1n) is 10.1. The molecule has 0 bridgehead atoms. The maximum Gasteiger partial charge on any atom is 0.251 e. The fraction of sp³-hybridized carbons (Fsp3) is 0.120. The lowest BCUT2D eigenvalue weighted by atomic mass is 10.1. The van der Waals surface area contributed by atoms with Gasteiger partial charge in [-0.3, -0.25) is 4.79 Å². The van der Waals surface area contributed by atoms with E-state index in [1.54, 1.807) is 13.2 Å². The molecule has 31 heavy (non-hydrogen) atoms. The highest BCUT2D eigenvalue weighted by molar-refractivity contribution is 6.01. The van der Waals surface area contributed by atoms with Crippen molar-refractivity contribution in [3.8, 4) is 17.1 Å². The lowest BCUT2D eigenvalue weighted by Gasteiger charge is -2.06. The smallest absolute Gasteiger partial charge is 0.251 e. The number of fused-ring (bicyclic) bond motifs is 2. The predicted octanol–water partition coefficient (Wildman–Crippen LogP) is 4.96. The number of rotatable bonds is 6. The highest BCUT2D eigenvalue weighted by Crippen LogP contribution is 2.29. The molecule has 0 aliphatic rings. The van der Waals surface area contributed by atoms with Gasteiger partial charge in [-0.05, 0) is 48.4 Å². The summed E-state index contributed by atoms with van der Waals surface area (Å²) in [5.41, 5.74) is 4.41. The molecule has 0 unspecified atom stereocenters. The van der Waals surface area contributed by atoms with E-state index in [1.807, 2.05) is 66.9 Å². The zero-order chi connectivity index (χ0) is 21.2. The number of hydrogen-bond acceptors (Lipinski definition) is 4. The Bertz CT molecular complexity index is 1370. The molecule has 0 fully saturated rings. The van der Waals surface area contributed by atoms with Gasteiger partial charge in [0.15, 0.2) is 5.76 Å². The number of ether oxygens (including phenoxy) is 1. The van der Waals surface area contributed by atoms with Gasteiger partial charge in [-0.25, -0.2) is 0 Å². The molecule has 0 spiro atoms. The van der Waals surface area contributed by atoms with Crippen molar-refractivity contribution in [2.45, 2.75) is 6.42 Å². The Morgan fingerprint density at radius 3 is 2.77 bits per heavy atom. The van der Waals surface area contributed by atoms with Gasteiger partial charge in [0.25, 0.3) is 5.91 Å². The molecule has 6 heteroatoms. The lowest BCUT2D eigenvalue weighted by molar-refractivity contribution is 0.0954. The van der Waals surface area contributed by atoms with Gasteiger partial charge in [0.2, 0.25) is 0 Å². The van der Waals surface area contributed by atoms with Crippen LogP contribution in [0.15, 0.2) is 77.4 Å². The number of aromatic amines is 1. The third-order valence-corrected chi connectivity index (χ3v) is 5.43. The third kappa shape index (κ3) is 3.64. The van der Waals surface area contributed by atoms with Gasteiger partial charge < -0.3 is 19.6 Å². The molecule has 2 heterocycles. The molecule has 0 aliphatic heterocycles. The second kappa shape index (κ2) is 7.99. The van der Waals surface area contributed by atoms with Gasteiger partial charge in [-0.1, -0.05) is 35.5 Å². The summed E-state index contributed by atoms with van der Waals surface area (Å²) in [5.74, 6) is 1.35. The SMILES string of the molecule is COc1ccc2[nH]cc(CCNC(=O)c3ccc4noc(-c5ccccc5)c4c3)c2c1. The maximum atomic E-state index is 12.8. The van der Waals surface area contributed by atoms with Gasteiger partial charge in [0, 0.05) is 34.8 Å². The Morgan fingerprint density at radius 2 is 1.94 bits per heavy atom. The summed E-state index contributed by atoms with van der Waals surface area (Å²) in [6.07, 6.45) is 2.69. The quantitative estimate of drug-likeness (QED) is 0.414. The van der Waals surface area contributed by atoms with Crippen LogP contribution in [0, 0.1) is 0 Å². The second-order valence-electron chi connectivity index (χ2n) is 7.34. The fourth-order valence-electron chi connectivity index (χ4n) is 3.78. The number of benzene rings is 3. The van der Waals surface area contributed by atoms with E-state index < -0.39 is 0 Å². The first kappa shape index (κ1) is 18.9. The van der Waals surface area contributed by atoms with Crippen LogP contribution in [0.4, 0.5) is 0 Å². The molecular weight excluding hydrogens is 390 g/mol. The van der Waals surface area contributed by atoms with Crippen molar-refractivity contribution in [1.29, 1.82) is 0 Å². The zero-order valence-electron chi connectivity index (χ0n) is 17.0. The number of aromatic nitrogens is 2. The highest BCUT2D eigenvalue weighted by Gasteiger charge is 2.14. The zero-order valence-corrected chi connectivity index (χ0v) is 17.0. The minimum absolute atomic E-state index is 0.125. The Morgan fingerprint density at radius 1 is 1.06 bits per heavy atom. The van der Waals surface area contributed by atoms with Crippen LogP contribution in [-0.2, 0) is 6.42 Å². The number of carbonyl (C=O) groups excluding carboxylic acids is 1. The number of H-pyrrole nitrogens is 1. The van der Waals surface area contributed by atoms with E-state index in [2.05, 4.69) is 15.5 Å². The van der Waals surface area contributed by atoms with E-state index in [-0.39, 0.29) is 5.91 Å². The van der Waals surface area contributed by atoms with E-state index in [0.717, 1.165) is 38.7 Å². The maximum absolute atomic E-state index is 12.8. The number of methoxy groups -OCH3 is 1. The summed E-state index contributed by atoms with van der Waals surface area (Å²) >= 11 is 0. The highest BCUT2D eigenvalue weighted by atomic mass is 16.5. The van der Waals surface area contributed by atoms with Crippen LogP contribution >= 0.6 is 0 Å². The summed E-state index contributed by atoms with van der Waals surface area (Å²) in [4.78, 5) is 16.0.